The van der Waals surface area contributed by atoms with E-state index < -0.39 is 15.2 Å². The lowest BCUT2D eigenvalue weighted by atomic mass is 10.2. The van der Waals surface area contributed by atoms with Gasteiger partial charge in [0, 0.05) is 31.4 Å². The number of thioether (sulfide) groups is 1. The summed E-state index contributed by atoms with van der Waals surface area (Å²) >= 11 is 1.53. The number of hydrogen-bond donors (Lipinski definition) is 1. The number of amides is 1. The van der Waals surface area contributed by atoms with E-state index in [-0.39, 0.29) is 17.3 Å². The van der Waals surface area contributed by atoms with Crippen LogP contribution in [0.2, 0.25) is 0 Å². The molecule has 1 aliphatic rings. The van der Waals surface area contributed by atoms with E-state index in [9.17, 15) is 13.2 Å². The second-order valence-electron chi connectivity index (χ2n) is 4.42. The van der Waals surface area contributed by atoms with Gasteiger partial charge >= 0.3 is 0 Å². The van der Waals surface area contributed by atoms with Crippen molar-refractivity contribution < 1.29 is 13.2 Å². The second kappa shape index (κ2) is 5.04. The van der Waals surface area contributed by atoms with Crippen LogP contribution in [0.4, 0.5) is 5.82 Å². The molecule has 1 unspecified atom stereocenters. The Hall–Kier alpha value is -1.22. The zero-order valence-electron chi connectivity index (χ0n) is 10.7. The number of rotatable bonds is 2. The Bertz CT molecular complexity index is 596. The molecule has 7 nitrogen and oxygen atoms in total. The Labute approximate surface area is 116 Å². The van der Waals surface area contributed by atoms with Crippen LogP contribution >= 0.6 is 11.8 Å². The maximum absolute atomic E-state index is 12.4. The summed E-state index contributed by atoms with van der Waals surface area (Å²) < 4.78 is 24.9. The first-order chi connectivity index (χ1) is 8.82. The standard InChI is InChI=1S/C10H16N4O3S2/c1-13-9(11)7(5-12-13)10(15)14-3-4-18-6-8(14)19(2,16)17/h5,8H,3-4,6,11H2,1-2H3. The molecular weight excluding hydrogens is 288 g/mol. The van der Waals surface area contributed by atoms with Crippen LogP contribution in [-0.2, 0) is 16.9 Å². The quantitative estimate of drug-likeness (QED) is 0.795. The molecule has 106 valence electrons. The zero-order valence-corrected chi connectivity index (χ0v) is 12.4. The fourth-order valence-corrected chi connectivity index (χ4v) is 4.75. The molecule has 0 radical (unpaired) electrons. The van der Waals surface area contributed by atoms with Crippen molar-refractivity contribution in [2.75, 3.05) is 30.0 Å². The van der Waals surface area contributed by atoms with E-state index in [1.807, 2.05) is 0 Å². The van der Waals surface area contributed by atoms with E-state index in [4.69, 9.17) is 5.73 Å². The lowest BCUT2D eigenvalue weighted by Gasteiger charge is -2.33. The minimum Gasteiger partial charge on any atom is -0.383 e. The molecule has 1 aromatic rings. The van der Waals surface area contributed by atoms with Crippen LogP contribution in [0, 0.1) is 0 Å². The summed E-state index contributed by atoms with van der Waals surface area (Å²) in [5.74, 6) is 0.986. The van der Waals surface area contributed by atoms with Crippen molar-refractivity contribution in [3.05, 3.63) is 11.8 Å². The Kier molecular flexibility index (Phi) is 3.77. The molecule has 0 saturated carbocycles. The topological polar surface area (TPSA) is 98.3 Å². The highest BCUT2D eigenvalue weighted by atomic mass is 32.2. The highest BCUT2D eigenvalue weighted by Gasteiger charge is 2.35. The highest BCUT2D eigenvalue weighted by molar-refractivity contribution is 8.00. The average Bonchev–Trinajstić information content (AvgIpc) is 2.68. The molecule has 1 amide bonds. The summed E-state index contributed by atoms with van der Waals surface area (Å²) in [4.78, 5) is 13.8. The third-order valence-electron chi connectivity index (χ3n) is 3.05. The van der Waals surface area contributed by atoms with Gasteiger partial charge in [0.1, 0.15) is 16.8 Å². The van der Waals surface area contributed by atoms with Crippen LogP contribution in [0.5, 0.6) is 0 Å². The molecule has 2 heterocycles. The Morgan fingerprint density at radius 3 is 2.79 bits per heavy atom. The van der Waals surface area contributed by atoms with Gasteiger partial charge in [0.05, 0.1) is 6.20 Å². The summed E-state index contributed by atoms with van der Waals surface area (Å²) in [5.41, 5.74) is 6.02. The van der Waals surface area contributed by atoms with Gasteiger partial charge in [0.25, 0.3) is 5.91 Å². The van der Waals surface area contributed by atoms with Crippen molar-refractivity contribution >= 4 is 33.3 Å². The van der Waals surface area contributed by atoms with Crippen LogP contribution in [0.25, 0.3) is 0 Å². The number of aromatic nitrogens is 2. The molecule has 0 aliphatic carbocycles. The number of carbonyl (C=O) groups is 1. The van der Waals surface area contributed by atoms with Crippen molar-refractivity contribution in [1.29, 1.82) is 0 Å². The first kappa shape index (κ1) is 14.2. The number of aryl methyl sites for hydroxylation is 1. The van der Waals surface area contributed by atoms with Crippen molar-refractivity contribution in [3.63, 3.8) is 0 Å². The smallest absolute Gasteiger partial charge is 0.260 e. The van der Waals surface area contributed by atoms with E-state index in [0.717, 1.165) is 12.0 Å². The van der Waals surface area contributed by atoms with Crippen molar-refractivity contribution in [2.45, 2.75) is 5.37 Å². The van der Waals surface area contributed by atoms with Gasteiger partial charge in [-0.2, -0.15) is 16.9 Å². The van der Waals surface area contributed by atoms with Gasteiger partial charge in [-0.1, -0.05) is 0 Å². The maximum Gasteiger partial charge on any atom is 0.260 e. The van der Waals surface area contributed by atoms with Gasteiger partial charge in [-0.3, -0.25) is 9.48 Å². The first-order valence-electron chi connectivity index (χ1n) is 5.67. The number of nitrogens with zero attached hydrogens (tertiary/aromatic N) is 3. The van der Waals surface area contributed by atoms with Gasteiger partial charge < -0.3 is 10.6 Å². The third-order valence-corrected chi connectivity index (χ3v) is 5.70. The largest absolute Gasteiger partial charge is 0.383 e. The lowest BCUT2D eigenvalue weighted by molar-refractivity contribution is 0.0750. The van der Waals surface area contributed by atoms with E-state index in [1.54, 1.807) is 7.05 Å². The van der Waals surface area contributed by atoms with E-state index >= 15 is 0 Å². The Morgan fingerprint density at radius 1 is 1.58 bits per heavy atom. The van der Waals surface area contributed by atoms with Crippen LogP contribution < -0.4 is 5.73 Å². The third kappa shape index (κ3) is 2.71. The summed E-state index contributed by atoms with van der Waals surface area (Å²) in [7, 11) is -1.69. The molecule has 1 atom stereocenters. The normalized spacial score (nSPS) is 20.5. The SMILES string of the molecule is Cn1ncc(C(=O)N2CCSCC2S(C)(=O)=O)c1N. The molecule has 19 heavy (non-hydrogen) atoms. The predicted octanol–water partition coefficient (Wildman–Crippen LogP) is -0.438. The molecule has 0 bridgehead atoms. The molecule has 1 aliphatic heterocycles. The minimum absolute atomic E-state index is 0.246. The molecule has 2 N–H and O–H groups in total. The minimum atomic E-state index is -3.32. The summed E-state index contributed by atoms with van der Waals surface area (Å²) in [6, 6.07) is 0. The summed E-state index contributed by atoms with van der Waals surface area (Å²) in [6.07, 6.45) is 2.52. The van der Waals surface area contributed by atoms with Crippen molar-refractivity contribution in [1.82, 2.24) is 14.7 Å². The number of sulfone groups is 1. The number of nitrogen functional groups attached to an aromatic ring is 1. The fourth-order valence-electron chi connectivity index (χ4n) is 1.93. The zero-order chi connectivity index (χ0) is 14.2. The molecule has 1 aromatic heterocycles. The molecule has 9 heteroatoms. The van der Waals surface area contributed by atoms with Gasteiger partial charge in [0.2, 0.25) is 0 Å². The number of hydrogen-bond acceptors (Lipinski definition) is 6. The van der Waals surface area contributed by atoms with Crippen LogP contribution in [0.3, 0.4) is 0 Å². The molecule has 2 rings (SSSR count). The van der Waals surface area contributed by atoms with Crippen molar-refractivity contribution in [3.8, 4) is 0 Å². The van der Waals surface area contributed by atoms with Crippen LogP contribution in [0.15, 0.2) is 6.20 Å². The average molecular weight is 304 g/mol. The maximum atomic E-state index is 12.4. The van der Waals surface area contributed by atoms with Gasteiger partial charge in [0.15, 0.2) is 9.84 Å². The van der Waals surface area contributed by atoms with Gasteiger partial charge in [-0.25, -0.2) is 8.42 Å². The summed E-state index contributed by atoms with van der Waals surface area (Å²) in [6.45, 7) is 0.398. The predicted molar refractivity (Wildman–Crippen MR) is 74.6 cm³/mol. The van der Waals surface area contributed by atoms with Crippen LogP contribution in [-0.4, -0.2) is 58.7 Å². The van der Waals surface area contributed by atoms with Crippen molar-refractivity contribution in [2.24, 2.45) is 7.05 Å². The molecule has 1 fully saturated rings. The summed E-state index contributed by atoms with van der Waals surface area (Å²) in [5, 5.41) is 3.12. The van der Waals surface area contributed by atoms with E-state index in [1.165, 1.54) is 27.5 Å². The number of carbonyl (C=O) groups excluding carboxylic acids is 1. The van der Waals surface area contributed by atoms with Crippen LogP contribution in [0.1, 0.15) is 10.4 Å². The lowest BCUT2D eigenvalue weighted by Crippen LogP contribution is -2.50. The monoisotopic (exact) mass is 304 g/mol. The van der Waals surface area contributed by atoms with E-state index in [2.05, 4.69) is 5.10 Å². The van der Waals surface area contributed by atoms with E-state index in [0.29, 0.717) is 12.3 Å². The Balaban J connectivity index is 2.33. The molecular formula is C10H16N4O3S2. The number of nitrogens with two attached hydrogens (primary N) is 1. The van der Waals surface area contributed by atoms with Gasteiger partial charge in [-0.15, -0.1) is 0 Å². The molecule has 1 saturated heterocycles. The van der Waals surface area contributed by atoms with Gasteiger partial charge in [-0.05, 0) is 0 Å². The fraction of sp³-hybridized carbons (Fsp3) is 0.600. The molecule has 0 aromatic carbocycles. The Morgan fingerprint density at radius 2 is 2.26 bits per heavy atom. The second-order valence-corrected chi connectivity index (χ2v) is 7.78. The first-order valence-corrected chi connectivity index (χ1v) is 8.78. The number of anilines is 1. The highest BCUT2D eigenvalue weighted by Crippen LogP contribution is 2.23. The molecule has 0 spiro atoms.